The number of hydrogen-bond acceptors (Lipinski definition) is 4. The Balaban J connectivity index is 1.65. The maximum absolute atomic E-state index is 12.8. The number of amides is 1. The molecule has 1 saturated carbocycles. The summed E-state index contributed by atoms with van der Waals surface area (Å²) in [6.07, 6.45) is 4.83. The molecule has 3 rings (SSSR count). The number of sulfone groups is 1. The lowest BCUT2D eigenvalue weighted by atomic mass is 10.0. The minimum Gasteiger partial charge on any atom is -0.491 e. The lowest BCUT2D eigenvalue weighted by Crippen LogP contribution is -2.25. The highest BCUT2D eigenvalue weighted by molar-refractivity contribution is 7.91. The van der Waals surface area contributed by atoms with E-state index in [9.17, 15) is 13.2 Å². The first-order chi connectivity index (χ1) is 14.3. The van der Waals surface area contributed by atoms with E-state index in [1.165, 1.54) is 0 Å². The van der Waals surface area contributed by atoms with Gasteiger partial charge in [0.2, 0.25) is 5.91 Å². The molecule has 0 heterocycles. The number of para-hydroxylation sites is 1. The van der Waals surface area contributed by atoms with Gasteiger partial charge in [0.25, 0.3) is 0 Å². The number of benzene rings is 2. The van der Waals surface area contributed by atoms with Gasteiger partial charge >= 0.3 is 0 Å². The molecule has 1 N–H and O–H groups in total. The van der Waals surface area contributed by atoms with Gasteiger partial charge in [-0.1, -0.05) is 49.6 Å². The van der Waals surface area contributed by atoms with Gasteiger partial charge in [0.1, 0.15) is 5.75 Å². The molecule has 0 aliphatic heterocycles. The van der Waals surface area contributed by atoms with Crippen LogP contribution in [0, 0.1) is 0 Å². The molecule has 0 spiro atoms. The van der Waals surface area contributed by atoms with Crippen molar-refractivity contribution in [3.05, 3.63) is 59.7 Å². The smallest absolute Gasteiger partial charge is 0.228 e. The average Bonchev–Trinajstić information content (AvgIpc) is 2.70. The van der Waals surface area contributed by atoms with Crippen molar-refractivity contribution in [1.29, 1.82) is 0 Å². The Labute approximate surface area is 179 Å². The van der Waals surface area contributed by atoms with E-state index in [1.807, 2.05) is 44.2 Å². The molecule has 0 saturated heterocycles. The summed E-state index contributed by atoms with van der Waals surface area (Å²) < 4.78 is 31.3. The van der Waals surface area contributed by atoms with Crippen LogP contribution < -0.4 is 10.1 Å². The Morgan fingerprint density at radius 1 is 1.07 bits per heavy atom. The maximum atomic E-state index is 12.8. The second-order valence-electron chi connectivity index (χ2n) is 8.27. The summed E-state index contributed by atoms with van der Waals surface area (Å²) in [7, 11) is -3.18. The van der Waals surface area contributed by atoms with Crippen molar-refractivity contribution in [3.63, 3.8) is 0 Å². The minimum absolute atomic E-state index is 0.0203. The molecule has 0 radical (unpaired) electrons. The molecule has 0 unspecified atom stereocenters. The van der Waals surface area contributed by atoms with Crippen LogP contribution in [0.25, 0.3) is 0 Å². The highest BCUT2D eigenvalue weighted by atomic mass is 32.2. The number of hydrogen-bond donors (Lipinski definition) is 1. The normalized spacial score (nSPS) is 15.2. The second-order valence-corrected chi connectivity index (χ2v) is 10.5. The molecule has 2 aromatic rings. The van der Waals surface area contributed by atoms with E-state index in [4.69, 9.17) is 4.74 Å². The Morgan fingerprint density at radius 2 is 1.80 bits per heavy atom. The van der Waals surface area contributed by atoms with E-state index in [0.717, 1.165) is 37.7 Å². The summed E-state index contributed by atoms with van der Waals surface area (Å²) >= 11 is 0. The van der Waals surface area contributed by atoms with Gasteiger partial charge in [-0.05, 0) is 50.5 Å². The van der Waals surface area contributed by atoms with Gasteiger partial charge in [-0.2, -0.15) is 0 Å². The van der Waals surface area contributed by atoms with Crippen LogP contribution in [0.5, 0.6) is 5.75 Å². The lowest BCUT2D eigenvalue weighted by Gasteiger charge is -2.21. The summed E-state index contributed by atoms with van der Waals surface area (Å²) in [6.45, 7) is 3.90. The minimum atomic E-state index is -3.18. The number of nitrogens with one attached hydrogen (secondary N) is 1. The van der Waals surface area contributed by atoms with E-state index < -0.39 is 9.84 Å². The summed E-state index contributed by atoms with van der Waals surface area (Å²) in [5, 5.41) is 2.65. The zero-order valence-electron chi connectivity index (χ0n) is 17.8. The van der Waals surface area contributed by atoms with Gasteiger partial charge in [0.15, 0.2) is 9.84 Å². The summed E-state index contributed by atoms with van der Waals surface area (Å²) in [4.78, 5) is 12.6. The van der Waals surface area contributed by atoms with E-state index in [0.29, 0.717) is 17.0 Å². The van der Waals surface area contributed by atoms with Crippen molar-refractivity contribution in [1.82, 2.24) is 0 Å². The summed E-state index contributed by atoms with van der Waals surface area (Å²) in [6, 6.07) is 14.6. The van der Waals surface area contributed by atoms with Gasteiger partial charge in [-0.15, -0.1) is 0 Å². The molecule has 162 valence electrons. The first kappa shape index (κ1) is 22.3. The zero-order chi connectivity index (χ0) is 21.6. The van der Waals surface area contributed by atoms with Crippen molar-refractivity contribution in [2.24, 2.45) is 0 Å². The van der Waals surface area contributed by atoms with Crippen LogP contribution >= 0.6 is 0 Å². The first-order valence-electron chi connectivity index (χ1n) is 10.7. The third-order valence-electron chi connectivity index (χ3n) is 5.32. The van der Waals surface area contributed by atoms with Gasteiger partial charge in [-0.3, -0.25) is 4.79 Å². The van der Waals surface area contributed by atoms with Crippen molar-refractivity contribution in [3.8, 4) is 5.75 Å². The van der Waals surface area contributed by atoms with Crippen LogP contribution in [-0.4, -0.2) is 25.7 Å². The summed E-state index contributed by atoms with van der Waals surface area (Å²) in [5.41, 5.74) is 2.14. The SMILES string of the molecule is CC(C)Oc1ccccc1CC(=O)Nc1cccc(CS(=O)(=O)C2CCCCC2)c1. The molecule has 30 heavy (non-hydrogen) atoms. The van der Waals surface area contributed by atoms with Gasteiger partial charge in [0.05, 0.1) is 23.5 Å². The van der Waals surface area contributed by atoms with Gasteiger partial charge in [0, 0.05) is 11.3 Å². The van der Waals surface area contributed by atoms with Crippen LogP contribution in [0.3, 0.4) is 0 Å². The van der Waals surface area contributed by atoms with E-state index in [-0.39, 0.29) is 29.4 Å². The van der Waals surface area contributed by atoms with E-state index >= 15 is 0 Å². The van der Waals surface area contributed by atoms with Crippen LogP contribution in [0.4, 0.5) is 5.69 Å². The summed E-state index contributed by atoms with van der Waals surface area (Å²) in [5.74, 6) is 0.559. The maximum Gasteiger partial charge on any atom is 0.228 e. The highest BCUT2D eigenvalue weighted by Gasteiger charge is 2.27. The molecule has 6 heteroatoms. The van der Waals surface area contributed by atoms with Gasteiger partial charge in [-0.25, -0.2) is 8.42 Å². The fraction of sp³-hybridized carbons (Fsp3) is 0.458. The number of rotatable bonds is 8. The van der Waals surface area contributed by atoms with Crippen LogP contribution in [0.15, 0.2) is 48.5 Å². The third kappa shape index (κ3) is 6.33. The molecule has 1 fully saturated rings. The molecule has 0 atom stereocenters. The topological polar surface area (TPSA) is 72.5 Å². The predicted molar refractivity (Wildman–Crippen MR) is 120 cm³/mol. The Morgan fingerprint density at radius 3 is 2.53 bits per heavy atom. The van der Waals surface area contributed by atoms with Crippen molar-refractivity contribution < 1.29 is 17.9 Å². The van der Waals surface area contributed by atoms with Gasteiger partial charge < -0.3 is 10.1 Å². The zero-order valence-corrected chi connectivity index (χ0v) is 18.6. The number of ether oxygens (including phenoxy) is 1. The molecule has 0 aromatic heterocycles. The monoisotopic (exact) mass is 429 g/mol. The lowest BCUT2D eigenvalue weighted by molar-refractivity contribution is -0.115. The molecule has 1 aliphatic rings. The quantitative estimate of drug-likeness (QED) is 0.648. The van der Waals surface area contributed by atoms with E-state index in [1.54, 1.807) is 18.2 Å². The largest absolute Gasteiger partial charge is 0.491 e. The van der Waals surface area contributed by atoms with Crippen molar-refractivity contribution in [2.75, 3.05) is 5.32 Å². The molecule has 1 amide bonds. The third-order valence-corrected chi connectivity index (χ3v) is 7.55. The molecular weight excluding hydrogens is 398 g/mol. The molecule has 1 aliphatic carbocycles. The van der Waals surface area contributed by atoms with E-state index in [2.05, 4.69) is 5.32 Å². The highest BCUT2D eigenvalue weighted by Crippen LogP contribution is 2.27. The van der Waals surface area contributed by atoms with Crippen LogP contribution in [0.1, 0.15) is 57.1 Å². The molecule has 5 nitrogen and oxygen atoms in total. The molecule has 2 aromatic carbocycles. The molecule has 0 bridgehead atoms. The first-order valence-corrected chi connectivity index (χ1v) is 12.4. The fourth-order valence-corrected chi connectivity index (χ4v) is 5.84. The van der Waals surface area contributed by atoms with Crippen LogP contribution in [0.2, 0.25) is 0 Å². The number of anilines is 1. The Kier molecular flexibility index (Phi) is 7.53. The standard InChI is InChI=1S/C24H31NO4S/c1-18(2)29-23-14-7-6-10-20(23)16-24(26)25-21-11-8-9-19(15-21)17-30(27,28)22-12-4-3-5-13-22/h6-11,14-15,18,22H,3-5,12-13,16-17H2,1-2H3,(H,25,26). The number of carbonyl (C=O) groups is 1. The number of carbonyl (C=O) groups excluding carboxylic acids is 1. The van der Waals surface area contributed by atoms with Crippen LogP contribution in [-0.2, 0) is 26.8 Å². The predicted octanol–water partition coefficient (Wildman–Crippen LogP) is 4.90. The molecular formula is C24H31NO4S. The van der Waals surface area contributed by atoms with Crippen molar-refractivity contribution >= 4 is 21.4 Å². The fourth-order valence-electron chi connectivity index (χ4n) is 3.91. The Hall–Kier alpha value is -2.34. The average molecular weight is 430 g/mol. The second kappa shape index (κ2) is 10.1. The van der Waals surface area contributed by atoms with Crippen molar-refractivity contribution in [2.45, 2.75) is 69.5 Å². The Bertz CT molecular complexity index is 963.